The average Bonchev–Trinajstić information content (AvgIpc) is 3.46. The Morgan fingerprint density at radius 1 is 1.15 bits per heavy atom. The molecule has 2 heterocycles. The number of amides is 1. The summed E-state index contributed by atoms with van der Waals surface area (Å²) in [4.78, 5) is 20.9. The summed E-state index contributed by atoms with van der Waals surface area (Å²) in [5, 5.41) is 5.16. The lowest BCUT2D eigenvalue weighted by atomic mass is 10.1. The fourth-order valence-electron chi connectivity index (χ4n) is 3.17. The van der Waals surface area contributed by atoms with E-state index in [9.17, 15) is 13.6 Å². The van der Waals surface area contributed by atoms with Crippen LogP contribution in [-0.2, 0) is 22.4 Å². The summed E-state index contributed by atoms with van der Waals surface area (Å²) < 4.78 is 37.6. The number of hydrogen-bond donors (Lipinski definition) is 1. The van der Waals surface area contributed by atoms with Crippen molar-refractivity contribution in [3.05, 3.63) is 77.1 Å². The molecule has 0 saturated heterocycles. The van der Waals surface area contributed by atoms with Crippen LogP contribution in [0.2, 0.25) is 0 Å². The van der Waals surface area contributed by atoms with Crippen LogP contribution in [0.25, 0.3) is 22.6 Å². The number of benzene rings is 2. The fourth-order valence-corrected chi connectivity index (χ4v) is 3.90. The van der Waals surface area contributed by atoms with E-state index in [0.29, 0.717) is 11.7 Å². The number of aryl methyl sites for hydroxylation is 1. The highest BCUT2D eigenvalue weighted by Crippen LogP contribution is 2.26. The van der Waals surface area contributed by atoms with Crippen molar-refractivity contribution >= 4 is 22.4 Å². The first-order valence-electron chi connectivity index (χ1n) is 10.3. The predicted molar refractivity (Wildman–Crippen MR) is 122 cm³/mol. The third-order valence-electron chi connectivity index (χ3n) is 4.91. The second kappa shape index (κ2) is 10.5. The Morgan fingerprint density at radius 3 is 2.73 bits per heavy atom. The van der Waals surface area contributed by atoms with Crippen LogP contribution >= 0.6 is 11.3 Å². The molecule has 1 N–H and O–H groups in total. The number of nitrogens with zero attached hydrogens (tertiary/aromatic N) is 2. The van der Waals surface area contributed by atoms with E-state index < -0.39 is 11.6 Å². The number of oxazole rings is 1. The van der Waals surface area contributed by atoms with Gasteiger partial charge < -0.3 is 14.5 Å². The lowest BCUT2D eigenvalue weighted by Crippen LogP contribution is -2.12. The molecule has 0 aliphatic heterocycles. The van der Waals surface area contributed by atoms with Crippen LogP contribution in [0.4, 0.5) is 13.9 Å². The van der Waals surface area contributed by atoms with Gasteiger partial charge in [0.15, 0.2) is 16.8 Å². The Balaban J connectivity index is 1.31. The van der Waals surface area contributed by atoms with Gasteiger partial charge in [-0.25, -0.2) is 18.7 Å². The number of nitrogens with one attached hydrogen (secondary N) is 1. The number of aromatic nitrogens is 2. The molecular formula is C24H21F2N3O3S. The first kappa shape index (κ1) is 22.8. The number of anilines is 1. The molecule has 0 unspecified atom stereocenters. The zero-order valence-electron chi connectivity index (χ0n) is 17.8. The molecule has 0 atom stereocenters. The number of ether oxygens (including phenoxy) is 1. The topological polar surface area (TPSA) is 77.2 Å². The number of carbonyl (C=O) groups excluding carboxylic acids is 1. The van der Waals surface area contributed by atoms with E-state index in [2.05, 4.69) is 15.3 Å². The van der Waals surface area contributed by atoms with Crippen molar-refractivity contribution in [2.24, 2.45) is 0 Å². The SMILES string of the molecule is COCCc1ccc(-c2csc(NC(=O)CCc3ncc(-c4ccc(F)cc4F)o3)n2)cc1. The normalized spacial score (nSPS) is 11.0. The van der Waals surface area contributed by atoms with Gasteiger partial charge in [0.05, 0.1) is 24.1 Å². The van der Waals surface area contributed by atoms with Gasteiger partial charge in [-0.3, -0.25) is 4.79 Å². The summed E-state index contributed by atoms with van der Waals surface area (Å²) in [6.07, 6.45) is 2.56. The Labute approximate surface area is 193 Å². The van der Waals surface area contributed by atoms with Crippen LogP contribution in [0.15, 0.2) is 58.5 Å². The molecule has 0 bridgehead atoms. The second-order valence-electron chi connectivity index (χ2n) is 7.27. The Bertz CT molecular complexity index is 1240. The van der Waals surface area contributed by atoms with Gasteiger partial charge in [0.1, 0.15) is 11.6 Å². The van der Waals surface area contributed by atoms with E-state index in [1.54, 1.807) is 7.11 Å². The lowest BCUT2D eigenvalue weighted by Gasteiger charge is -2.02. The van der Waals surface area contributed by atoms with Crippen molar-refractivity contribution in [1.29, 1.82) is 0 Å². The molecule has 0 saturated carbocycles. The Kier molecular flexibility index (Phi) is 7.21. The van der Waals surface area contributed by atoms with Crippen molar-refractivity contribution in [2.75, 3.05) is 19.0 Å². The maximum atomic E-state index is 13.9. The van der Waals surface area contributed by atoms with Gasteiger partial charge in [-0.15, -0.1) is 11.3 Å². The molecule has 0 aliphatic carbocycles. The molecule has 1 amide bonds. The van der Waals surface area contributed by atoms with Gasteiger partial charge in [-0.2, -0.15) is 0 Å². The number of hydrogen-bond acceptors (Lipinski definition) is 6. The van der Waals surface area contributed by atoms with E-state index in [-0.39, 0.29) is 36.0 Å². The summed E-state index contributed by atoms with van der Waals surface area (Å²) >= 11 is 1.34. The maximum Gasteiger partial charge on any atom is 0.226 e. The van der Waals surface area contributed by atoms with E-state index >= 15 is 0 Å². The third-order valence-corrected chi connectivity index (χ3v) is 5.67. The lowest BCUT2D eigenvalue weighted by molar-refractivity contribution is -0.116. The Morgan fingerprint density at radius 2 is 1.97 bits per heavy atom. The van der Waals surface area contributed by atoms with Crippen molar-refractivity contribution < 1.29 is 22.7 Å². The molecular weight excluding hydrogens is 448 g/mol. The quantitative estimate of drug-likeness (QED) is 0.350. The van der Waals surface area contributed by atoms with Gasteiger partial charge in [-0.1, -0.05) is 24.3 Å². The van der Waals surface area contributed by atoms with Crippen molar-refractivity contribution in [2.45, 2.75) is 19.3 Å². The van der Waals surface area contributed by atoms with Crippen LogP contribution < -0.4 is 5.32 Å². The van der Waals surface area contributed by atoms with E-state index in [1.807, 2.05) is 29.6 Å². The first-order chi connectivity index (χ1) is 16.0. The van der Waals surface area contributed by atoms with Gasteiger partial charge >= 0.3 is 0 Å². The predicted octanol–water partition coefficient (Wildman–Crippen LogP) is 5.50. The summed E-state index contributed by atoms with van der Waals surface area (Å²) in [7, 11) is 1.68. The summed E-state index contributed by atoms with van der Waals surface area (Å²) in [6, 6.07) is 11.3. The fraction of sp³-hybridized carbons (Fsp3) is 0.208. The van der Waals surface area contributed by atoms with Crippen LogP contribution in [-0.4, -0.2) is 29.6 Å². The minimum Gasteiger partial charge on any atom is -0.441 e. The summed E-state index contributed by atoms with van der Waals surface area (Å²) in [5.41, 5.74) is 3.04. The second-order valence-corrected chi connectivity index (χ2v) is 8.13. The molecule has 4 rings (SSSR count). The zero-order chi connectivity index (χ0) is 23.2. The number of halogens is 2. The van der Waals surface area contributed by atoms with Gasteiger partial charge in [0.2, 0.25) is 5.91 Å². The molecule has 0 aliphatic rings. The van der Waals surface area contributed by atoms with Crippen LogP contribution in [0.1, 0.15) is 17.9 Å². The van der Waals surface area contributed by atoms with E-state index in [1.165, 1.54) is 29.2 Å². The summed E-state index contributed by atoms with van der Waals surface area (Å²) in [5.74, 6) is -1.17. The summed E-state index contributed by atoms with van der Waals surface area (Å²) in [6.45, 7) is 0.671. The van der Waals surface area contributed by atoms with E-state index in [0.717, 1.165) is 29.8 Å². The van der Waals surface area contributed by atoms with Crippen molar-refractivity contribution in [3.8, 4) is 22.6 Å². The van der Waals surface area contributed by atoms with Crippen LogP contribution in [0, 0.1) is 11.6 Å². The minimum atomic E-state index is -0.736. The number of methoxy groups -OCH3 is 1. The molecule has 4 aromatic rings. The number of rotatable bonds is 9. The smallest absolute Gasteiger partial charge is 0.226 e. The monoisotopic (exact) mass is 469 g/mol. The van der Waals surface area contributed by atoms with Gasteiger partial charge in [0, 0.05) is 37.0 Å². The molecule has 2 aromatic heterocycles. The highest BCUT2D eigenvalue weighted by atomic mass is 32.1. The molecule has 33 heavy (non-hydrogen) atoms. The molecule has 6 nitrogen and oxygen atoms in total. The average molecular weight is 470 g/mol. The van der Waals surface area contributed by atoms with Crippen LogP contribution in [0.3, 0.4) is 0 Å². The molecule has 0 spiro atoms. The first-order valence-corrected chi connectivity index (χ1v) is 11.1. The van der Waals surface area contributed by atoms with Crippen LogP contribution in [0.5, 0.6) is 0 Å². The standard InChI is InChI=1S/C24H21F2N3O3S/c1-31-11-10-15-2-4-16(5-3-15)20-14-33-24(28-20)29-22(30)8-9-23-27-13-21(32-23)18-7-6-17(25)12-19(18)26/h2-7,12-14H,8-11H2,1H3,(H,28,29,30). The highest BCUT2D eigenvalue weighted by molar-refractivity contribution is 7.14. The largest absolute Gasteiger partial charge is 0.441 e. The van der Waals surface area contributed by atoms with Gasteiger partial charge in [0.25, 0.3) is 0 Å². The minimum absolute atomic E-state index is 0.113. The molecule has 0 fully saturated rings. The number of thiazole rings is 1. The van der Waals surface area contributed by atoms with E-state index in [4.69, 9.17) is 9.15 Å². The highest BCUT2D eigenvalue weighted by Gasteiger charge is 2.14. The number of carbonyl (C=O) groups is 1. The molecule has 0 radical (unpaired) electrons. The van der Waals surface area contributed by atoms with Crippen molar-refractivity contribution in [1.82, 2.24) is 9.97 Å². The molecule has 9 heteroatoms. The zero-order valence-corrected chi connectivity index (χ0v) is 18.6. The Hall–Kier alpha value is -3.43. The van der Waals surface area contributed by atoms with Gasteiger partial charge in [-0.05, 0) is 24.1 Å². The maximum absolute atomic E-state index is 13.9. The van der Waals surface area contributed by atoms with Crippen molar-refractivity contribution in [3.63, 3.8) is 0 Å². The molecule has 2 aromatic carbocycles. The molecule has 170 valence electrons. The third kappa shape index (κ3) is 5.88.